The van der Waals surface area contributed by atoms with Gasteiger partial charge in [-0.05, 0) is 18.1 Å². The van der Waals surface area contributed by atoms with Gasteiger partial charge in [-0.2, -0.15) is 0 Å². The fourth-order valence-electron chi connectivity index (χ4n) is 0.757. The summed E-state index contributed by atoms with van der Waals surface area (Å²) in [6, 6.07) is 7.88. The van der Waals surface area contributed by atoms with Gasteiger partial charge in [0.05, 0.1) is 0 Å². The van der Waals surface area contributed by atoms with E-state index in [9.17, 15) is 0 Å². The molecule has 0 amide bonds. The molecule has 1 aromatic rings. The summed E-state index contributed by atoms with van der Waals surface area (Å²) in [5.74, 6) is 0. The quantitative estimate of drug-likeness (QED) is 0.594. The third-order valence-electron chi connectivity index (χ3n) is 1.34. The van der Waals surface area contributed by atoms with Crippen LogP contribution in [-0.2, 0) is 6.54 Å². The summed E-state index contributed by atoms with van der Waals surface area (Å²) >= 11 is 0. The molecular weight excluding hydrogens is 110 g/mol. The fourth-order valence-corrected chi connectivity index (χ4v) is 0.757. The van der Waals surface area contributed by atoms with Gasteiger partial charge in [-0.25, -0.2) is 0 Å². The van der Waals surface area contributed by atoms with Crippen LogP contribution in [0.3, 0.4) is 0 Å². The number of hydrogen-bond donors (Lipinski definition) is 1. The van der Waals surface area contributed by atoms with Crippen molar-refractivity contribution in [2.45, 2.75) is 6.54 Å². The van der Waals surface area contributed by atoms with Crippen LogP contribution in [0.15, 0.2) is 24.3 Å². The van der Waals surface area contributed by atoms with E-state index in [-0.39, 0.29) is 0 Å². The normalized spacial score (nSPS) is 9.56. The van der Waals surface area contributed by atoms with Gasteiger partial charge in [0, 0.05) is 6.54 Å². The molecule has 0 atom stereocenters. The molecule has 1 radical (unpaired) electrons. The zero-order valence-electron chi connectivity index (χ0n) is 5.30. The molecule has 2 N–H and O–H groups in total. The second-order valence-corrected chi connectivity index (χ2v) is 1.97. The molecule has 0 aromatic heterocycles. The number of nitrogens with two attached hydrogens (primary N) is 1. The monoisotopic (exact) mass is 120 g/mol. The maximum absolute atomic E-state index is 5.41. The molecule has 1 rings (SSSR count). The van der Waals surface area contributed by atoms with Crippen LogP contribution < -0.4 is 5.73 Å². The molecule has 47 valence electrons. The van der Waals surface area contributed by atoms with E-state index < -0.39 is 0 Å². The van der Waals surface area contributed by atoms with Crippen molar-refractivity contribution in [1.29, 1.82) is 0 Å². The van der Waals surface area contributed by atoms with Gasteiger partial charge >= 0.3 is 0 Å². The van der Waals surface area contributed by atoms with E-state index >= 15 is 0 Å². The van der Waals surface area contributed by atoms with E-state index in [0.717, 1.165) is 11.1 Å². The minimum absolute atomic E-state index is 0.583. The molecule has 0 bridgehead atoms. The van der Waals surface area contributed by atoms with Crippen LogP contribution in [0.5, 0.6) is 0 Å². The second kappa shape index (κ2) is 2.65. The van der Waals surface area contributed by atoms with Crippen LogP contribution in [0.1, 0.15) is 11.1 Å². The molecule has 9 heavy (non-hydrogen) atoms. The molecular formula is C8H10N. The van der Waals surface area contributed by atoms with Crippen LogP contribution >= 0.6 is 0 Å². The number of hydrogen-bond acceptors (Lipinski definition) is 1. The first-order valence-corrected chi connectivity index (χ1v) is 2.94. The highest BCUT2D eigenvalue weighted by atomic mass is 14.5. The summed E-state index contributed by atoms with van der Waals surface area (Å²) in [6.45, 7) is 4.39. The van der Waals surface area contributed by atoms with Crippen molar-refractivity contribution in [3.8, 4) is 0 Å². The smallest absolute Gasteiger partial charge is 0.0180 e. The highest BCUT2D eigenvalue weighted by molar-refractivity contribution is 5.28. The van der Waals surface area contributed by atoms with Crippen molar-refractivity contribution in [3.05, 3.63) is 42.3 Å². The van der Waals surface area contributed by atoms with Crippen molar-refractivity contribution >= 4 is 0 Å². The lowest BCUT2D eigenvalue weighted by atomic mass is 10.1. The Bertz CT molecular complexity index is 194. The summed E-state index contributed by atoms with van der Waals surface area (Å²) in [5.41, 5.74) is 7.56. The van der Waals surface area contributed by atoms with E-state index in [1.165, 1.54) is 0 Å². The third kappa shape index (κ3) is 1.30. The van der Waals surface area contributed by atoms with Gasteiger partial charge in [0.15, 0.2) is 0 Å². The Kier molecular flexibility index (Phi) is 1.85. The maximum Gasteiger partial charge on any atom is 0.0180 e. The molecule has 0 heterocycles. The summed E-state index contributed by atoms with van der Waals surface area (Å²) in [4.78, 5) is 0. The molecule has 0 fully saturated rings. The van der Waals surface area contributed by atoms with Gasteiger partial charge in [-0.1, -0.05) is 24.3 Å². The van der Waals surface area contributed by atoms with Gasteiger partial charge in [0.1, 0.15) is 0 Å². The Morgan fingerprint density at radius 2 is 2.00 bits per heavy atom. The van der Waals surface area contributed by atoms with Gasteiger partial charge in [0.25, 0.3) is 0 Å². The molecule has 0 saturated heterocycles. The first-order valence-electron chi connectivity index (χ1n) is 2.94. The van der Waals surface area contributed by atoms with E-state index in [2.05, 4.69) is 6.92 Å². The van der Waals surface area contributed by atoms with Crippen LogP contribution in [-0.4, -0.2) is 0 Å². The molecule has 0 saturated carbocycles. The first kappa shape index (κ1) is 6.30. The van der Waals surface area contributed by atoms with Gasteiger partial charge < -0.3 is 5.73 Å². The topological polar surface area (TPSA) is 26.0 Å². The zero-order valence-corrected chi connectivity index (χ0v) is 5.30. The largest absolute Gasteiger partial charge is 0.326 e. The summed E-state index contributed by atoms with van der Waals surface area (Å²) < 4.78 is 0. The lowest BCUT2D eigenvalue weighted by Gasteiger charge is -1.98. The van der Waals surface area contributed by atoms with E-state index in [4.69, 9.17) is 5.73 Å². The van der Waals surface area contributed by atoms with Crippen molar-refractivity contribution in [2.75, 3.05) is 0 Å². The van der Waals surface area contributed by atoms with Crippen LogP contribution in [0, 0.1) is 6.92 Å². The Morgan fingerprint density at radius 1 is 1.33 bits per heavy atom. The van der Waals surface area contributed by atoms with E-state index in [0.29, 0.717) is 6.54 Å². The van der Waals surface area contributed by atoms with Gasteiger partial charge in [-0.3, -0.25) is 0 Å². The second-order valence-electron chi connectivity index (χ2n) is 1.97. The Hall–Kier alpha value is -0.820. The molecule has 0 unspecified atom stereocenters. The molecule has 1 heteroatoms. The van der Waals surface area contributed by atoms with Crippen LogP contribution in [0.2, 0.25) is 0 Å². The number of rotatable bonds is 1. The molecule has 0 aliphatic heterocycles. The molecule has 1 aromatic carbocycles. The predicted molar refractivity (Wildman–Crippen MR) is 38.8 cm³/mol. The minimum atomic E-state index is 0.583. The Labute approximate surface area is 55.5 Å². The standard InChI is InChI=1S/C8H10N/c1-7-4-2-3-5-8(7)6-9/h2-5H,1,6,9H2. The summed E-state index contributed by atoms with van der Waals surface area (Å²) in [5, 5.41) is 0. The van der Waals surface area contributed by atoms with E-state index in [1.54, 1.807) is 0 Å². The molecule has 0 aliphatic rings. The molecule has 0 spiro atoms. The van der Waals surface area contributed by atoms with Crippen molar-refractivity contribution in [3.63, 3.8) is 0 Å². The van der Waals surface area contributed by atoms with E-state index in [1.807, 2.05) is 24.3 Å². The molecule has 0 aliphatic carbocycles. The lowest BCUT2D eigenvalue weighted by Crippen LogP contribution is -1.97. The van der Waals surface area contributed by atoms with Gasteiger partial charge in [-0.15, -0.1) is 0 Å². The highest BCUT2D eigenvalue weighted by Gasteiger charge is 1.89. The number of benzene rings is 1. The third-order valence-corrected chi connectivity index (χ3v) is 1.34. The average molecular weight is 120 g/mol. The Balaban J connectivity index is 3.01. The van der Waals surface area contributed by atoms with Crippen LogP contribution in [0.25, 0.3) is 0 Å². The maximum atomic E-state index is 5.41. The van der Waals surface area contributed by atoms with Crippen molar-refractivity contribution < 1.29 is 0 Å². The fraction of sp³-hybridized carbons (Fsp3) is 0.125. The lowest BCUT2D eigenvalue weighted by molar-refractivity contribution is 1.06. The van der Waals surface area contributed by atoms with Crippen molar-refractivity contribution in [2.24, 2.45) is 5.73 Å². The first-order chi connectivity index (χ1) is 4.34. The van der Waals surface area contributed by atoms with Crippen molar-refractivity contribution in [1.82, 2.24) is 0 Å². The predicted octanol–water partition coefficient (Wildman–Crippen LogP) is 1.33. The van der Waals surface area contributed by atoms with Gasteiger partial charge in [0.2, 0.25) is 0 Å². The van der Waals surface area contributed by atoms with Crippen LogP contribution in [0.4, 0.5) is 0 Å². The minimum Gasteiger partial charge on any atom is -0.326 e. The Morgan fingerprint density at radius 3 is 2.44 bits per heavy atom. The molecule has 1 nitrogen and oxygen atoms in total. The average Bonchev–Trinajstić information content (AvgIpc) is 1.89. The summed E-state index contributed by atoms with van der Waals surface area (Å²) in [7, 11) is 0. The highest BCUT2D eigenvalue weighted by Crippen LogP contribution is 2.04. The zero-order chi connectivity index (χ0) is 6.69. The SMILES string of the molecule is [CH2]c1ccccc1CN. The summed E-state index contributed by atoms with van der Waals surface area (Å²) in [6.07, 6.45) is 0.